The summed E-state index contributed by atoms with van der Waals surface area (Å²) in [5.74, 6) is -0.595. The smallest absolute Gasteiger partial charge is 0.325 e. The first-order chi connectivity index (χ1) is 9.93. The summed E-state index contributed by atoms with van der Waals surface area (Å²) in [6.07, 6.45) is 0. The van der Waals surface area contributed by atoms with Gasteiger partial charge in [-0.3, -0.25) is 9.59 Å². The van der Waals surface area contributed by atoms with Crippen LogP contribution in [0.2, 0.25) is 0 Å². The van der Waals surface area contributed by atoms with Gasteiger partial charge in [0.15, 0.2) is 5.76 Å². The third-order valence-corrected chi connectivity index (χ3v) is 3.74. The van der Waals surface area contributed by atoms with Gasteiger partial charge in [-0.15, -0.1) is 0 Å². The maximum absolute atomic E-state index is 12.5. The van der Waals surface area contributed by atoms with Crippen LogP contribution in [0, 0.1) is 0 Å². The highest BCUT2D eigenvalue weighted by Gasteiger charge is 2.25. The number of fused-ring (bicyclic) bond motifs is 1. The normalized spacial score (nSPS) is 10.9. The second kappa shape index (κ2) is 6.30. The van der Waals surface area contributed by atoms with E-state index < -0.39 is 5.97 Å². The number of carbonyl (C=O) groups excluding carboxylic acids is 2. The summed E-state index contributed by atoms with van der Waals surface area (Å²) in [6.45, 7) is 3.56. The molecule has 1 amide bonds. The Labute approximate surface area is 131 Å². The van der Waals surface area contributed by atoms with Crippen LogP contribution in [0.15, 0.2) is 33.2 Å². The monoisotopic (exact) mass is 353 g/mol. The molecular weight excluding hydrogens is 338 g/mol. The number of carbonyl (C=O) groups is 2. The van der Waals surface area contributed by atoms with Gasteiger partial charge in [0.25, 0.3) is 5.91 Å². The van der Waals surface area contributed by atoms with Crippen molar-refractivity contribution in [3.05, 3.63) is 34.5 Å². The molecule has 1 heterocycles. The largest absolute Gasteiger partial charge is 0.468 e. The summed E-state index contributed by atoms with van der Waals surface area (Å²) in [4.78, 5) is 25.4. The maximum atomic E-state index is 12.5. The van der Waals surface area contributed by atoms with Crippen LogP contribution in [0.4, 0.5) is 0 Å². The fourth-order valence-corrected chi connectivity index (χ4v) is 2.43. The highest BCUT2D eigenvalue weighted by Crippen LogP contribution is 2.27. The minimum atomic E-state index is -0.464. The number of nitrogens with zero attached hydrogens (tertiary/aromatic N) is 1. The minimum Gasteiger partial charge on any atom is -0.468 e. The molecule has 0 aliphatic rings. The van der Waals surface area contributed by atoms with Crippen molar-refractivity contribution in [3.63, 3.8) is 0 Å². The lowest BCUT2D eigenvalue weighted by atomic mass is 10.2. The van der Waals surface area contributed by atoms with E-state index in [9.17, 15) is 9.59 Å². The first-order valence-corrected chi connectivity index (χ1v) is 7.29. The molecule has 0 aliphatic carbocycles. The molecular formula is C15H16BrNO4. The zero-order valence-corrected chi connectivity index (χ0v) is 13.6. The predicted octanol–water partition coefficient (Wildman–Crippen LogP) is 3.22. The Balaban J connectivity index is 2.34. The van der Waals surface area contributed by atoms with Crippen molar-refractivity contribution in [2.75, 3.05) is 13.7 Å². The van der Waals surface area contributed by atoms with Crippen molar-refractivity contribution < 1.29 is 18.7 Å². The highest BCUT2D eigenvalue weighted by atomic mass is 79.9. The number of amides is 1. The molecule has 5 nitrogen and oxygen atoms in total. The maximum Gasteiger partial charge on any atom is 0.325 e. The van der Waals surface area contributed by atoms with Crippen LogP contribution < -0.4 is 0 Å². The van der Waals surface area contributed by atoms with Gasteiger partial charge in [0.1, 0.15) is 12.1 Å². The number of para-hydroxylation sites is 1. The molecule has 1 aromatic carbocycles. The van der Waals surface area contributed by atoms with Crippen LogP contribution in [0.25, 0.3) is 11.0 Å². The van der Waals surface area contributed by atoms with Gasteiger partial charge in [-0.2, -0.15) is 0 Å². The van der Waals surface area contributed by atoms with Crippen molar-refractivity contribution in [3.8, 4) is 0 Å². The van der Waals surface area contributed by atoms with Gasteiger partial charge in [0.05, 0.1) is 11.6 Å². The lowest BCUT2D eigenvalue weighted by Gasteiger charge is -2.24. The van der Waals surface area contributed by atoms with Gasteiger partial charge >= 0.3 is 5.97 Å². The van der Waals surface area contributed by atoms with Crippen LogP contribution in [-0.4, -0.2) is 36.5 Å². The van der Waals surface area contributed by atoms with E-state index in [1.54, 1.807) is 6.07 Å². The number of esters is 1. The van der Waals surface area contributed by atoms with Crippen molar-refractivity contribution in [2.24, 2.45) is 0 Å². The van der Waals surface area contributed by atoms with Gasteiger partial charge in [-0.1, -0.05) is 12.1 Å². The quantitative estimate of drug-likeness (QED) is 0.791. The van der Waals surface area contributed by atoms with E-state index in [0.29, 0.717) is 5.58 Å². The summed E-state index contributed by atoms with van der Waals surface area (Å²) in [6, 6.07) is 7.10. The van der Waals surface area contributed by atoms with Crippen molar-refractivity contribution in [1.29, 1.82) is 0 Å². The predicted molar refractivity (Wildman–Crippen MR) is 82.1 cm³/mol. The molecule has 1 aromatic heterocycles. The molecule has 0 unspecified atom stereocenters. The van der Waals surface area contributed by atoms with E-state index in [0.717, 1.165) is 9.86 Å². The number of rotatable bonds is 4. The van der Waals surface area contributed by atoms with Crippen LogP contribution in [0.5, 0.6) is 0 Å². The first-order valence-electron chi connectivity index (χ1n) is 6.50. The van der Waals surface area contributed by atoms with E-state index >= 15 is 0 Å². The number of furan rings is 1. The molecule has 0 atom stereocenters. The SMILES string of the molecule is COC(=O)CN(C(=O)c1cc2cccc(Br)c2o1)C(C)C. The molecule has 2 rings (SSSR count). The molecule has 2 aromatic rings. The third-order valence-electron chi connectivity index (χ3n) is 3.12. The fraction of sp³-hybridized carbons (Fsp3) is 0.333. The fourth-order valence-electron chi connectivity index (χ4n) is 1.97. The molecule has 6 heteroatoms. The van der Waals surface area contributed by atoms with Gasteiger partial charge in [0, 0.05) is 11.4 Å². The van der Waals surface area contributed by atoms with Crippen molar-refractivity contribution in [1.82, 2.24) is 4.90 Å². The van der Waals surface area contributed by atoms with Gasteiger partial charge in [0.2, 0.25) is 0 Å². The minimum absolute atomic E-state index is 0.106. The number of methoxy groups -OCH3 is 1. The average molecular weight is 354 g/mol. The average Bonchev–Trinajstić information content (AvgIpc) is 2.89. The van der Waals surface area contributed by atoms with E-state index in [1.807, 2.05) is 32.0 Å². The molecule has 112 valence electrons. The Morgan fingerprint density at radius 3 is 2.67 bits per heavy atom. The lowest BCUT2D eigenvalue weighted by molar-refractivity contribution is -0.141. The second-order valence-corrected chi connectivity index (χ2v) is 5.73. The van der Waals surface area contributed by atoms with Gasteiger partial charge in [-0.25, -0.2) is 0 Å². The lowest BCUT2D eigenvalue weighted by Crippen LogP contribution is -2.40. The van der Waals surface area contributed by atoms with E-state index in [2.05, 4.69) is 20.7 Å². The molecule has 0 radical (unpaired) electrons. The van der Waals surface area contributed by atoms with Gasteiger partial charge in [-0.05, 0) is 41.9 Å². The summed E-state index contributed by atoms with van der Waals surface area (Å²) < 4.78 is 11.0. The Hall–Kier alpha value is -1.82. The van der Waals surface area contributed by atoms with E-state index in [4.69, 9.17) is 4.42 Å². The number of ether oxygens (including phenoxy) is 1. The standard InChI is InChI=1S/C15H16BrNO4/c1-9(2)17(8-13(18)20-3)15(19)12-7-10-5-4-6-11(16)14(10)21-12/h4-7,9H,8H2,1-3H3. The number of halogens is 1. The number of hydrogen-bond donors (Lipinski definition) is 0. The molecule has 0 spiro atoms. The topological polar surface area (TPSA) is 59.8 Å². The molecule has 0 bridgehead atoms. The van der Waals surface area contributed by atoms with E-state index in [-0.39, 0.29) is 24.3 Å². The molecule has 21 heavy (non-hydrogen) atoms. The van der Waals surface area contributed by atoms with Crippen LogP contribution in [-0.2, 0) is 9.53 Å². The first kappa shape index (κ1) is 15.6. The summed E-state index contributed by atoms with van der Waals surface area (Å²) >= 11 is 3.38. The van der Waals surface area contributed by atoms with E-state index in [1.165, 1.54) is 12.0 Å². The molecule has 0 N–H and O–H groups in total. The molecule has 0 fully saturated rings. The molecule has 0 saturated heterocycles. The van der Waals surface area contributed by atoms with Crippen LogP contribution in [0.3, 0.4) is 0 Å². The molecule has 0 aliphatic heterocycles. The second-order valence-electron chi connectivity index (χ2n) is 4.87. The van der Waals surface area contributed by atoms with Crippen molar-refractivity contribution in [2.45, 2.75) is 19.9 Å². The number of hydrogen-bond acceptors (Lipinski definition) is 4. The van der Waals surface area contributed by atoms with Gasteiger partial charge < -0.3 is 14.1 Å². The molecule has 0 saturated carbocycles. The summed E-state index contributed by atoms with van der Waals surface area (Å²) in [7, 11) is 1.30. The zero-order chi connectivity index (χ0) is 15.6. The Bertz CT molecular complexity index is 677. The Morgan fingerprint density at radius 1 is 1.38 bits per heavy atom. The summed E-state index contributed by atoms with van der Waals surface area (Å²) in [5, 5.41) is 0.828. The summed E-state index contributed by atoms with van der Waals surface area (Å²) in [5.41, 5.74) is 0.614. The zero-order valence-electron chi connectivity index (χ0n) is 12.1. The Kier molecular flexibility index (Phi) is 4.67. The number of benzene rings is 1. The Morgan fingerprint density at radius 2 is 2.10 bits per heavy atom. The van der Waals surface area contributed by atoms with Crippen LogP contribution in [0.1, 0.15) is 24.4 Å². The highest BCUT2D eigenvalue weighted by molar-refractivity contribution is 9.10. The van der Waals surface area contributed by atoms with Crippen LogP contribution >= 0.6 is 15.9 Å². The third kappa shape index (κ3) is 3.26. The van der Waals surface area contributed by atoms with Crippen molar-refractivity contribution >= 4 is 38.8 Å².